The Morgan fingerprint density at radius 2 is 1.92 bits per heavy atom. The van der Waals surface area contributed by atoms with E-state index in [0.717, 1.165) is 39.4 Å². The Balaban J connectivity index is 1.52. The molecule has 1 atom stereocenters. The highest BCUT2D eigenvalue weighted by atomic mass is 32.1. The molecule has 5 heteroatoms. The van der Waals surface area contributed by atoms with Crippen LogP contribution in [0.1, 0.15) is 18.5 Å². The van der Waals surface area contributed by atoms with Crippen molar-refractivity contribution in [2.45, 2.75) is 13.0 Å². The molecule has 1 saturated heterocycles. The first-order valence-corrected chi connectivity index (χ1v) is 8.97. The van der Waals surface area contributed by atoms with Gasteiger partial charge in [-0.15, -0.1) is 0 Å². The van der Waals surface area contributed by atoms with E-state index in [1.165, 1.54) is 16.3 Å². The van der Waals surface area contributed by atoms with E-state index in [1.54, 1.807) is 0 Å². The topological polar surface area (TPSA) is 36.5 Å². The Morgan fingerprint density at radius 1 is 1.17 bits per heavy atom. The van der Waals surface area contributed by atoms with Gasteiger partial charge in [-0.1, -0.05) is 42.5 Å². The van der Waals surface area contributed by atoms with Crippen LogP contribution in [0.25, 0.3) is 10.8 Å². The number of fused-ring (bicyclic) bond motifs is 1. The molecule has 2 N–H and O–H groups in total. The molecule has 0 aliphatic carbocycles. The van der Waals surface area contributed by atoms with Crippen LogP contribution in [0, 0.1) is 0 Å². The fraction of sp³-hybridized carbons (Fsp3) is 0.421. The summed E-state index contributed by atoms with van der Waals surface area (Å²) >= 11 is 5.45. The van der Waals surface area contributed by atoms with Gasteiger partial charge in [0, 0.05) is 26.2 Å². The quantitative estimate of drug-likeness (QED) is 0.817. The van der Waals surface area contributed by atoms with Crippen LogP contribution in [0.5, 0.6) is 0 Å². The predicted octanol–water partition coefficient (Wildman–Crippen LogP) is 2.70. The van der Waals surface area contributed by atoms with E-state index in [2.05, 4.69) is 64.9 Å². The molecule has 128 valence electrons. The molecule has 0 amide bonds. The lowest BCUT2D eigenvalue weighted by Gasteiger charge is -2.27. The van der Waals surface area contributed by atoms with Crippen LogP contribution < -0.4 is 10.6 Å². The van der Waals surface area contributed by atoms with Gasteiger partial charge in [0.25, 0.3) is 0 Å². The minimum atomic E-state index is 0.166. The lowest BCUT2D eigenvalue weighted by atomic mass is 10.00. The fourth-order valence-corrected chi connectivity index (χ4v) is 3.38. The van der Waals surface area contributed by atoms with E-state index < -0.39 is 0 Å². The molecule has 0 unspecified atom stereocenters. The van der Waals surface area contributed by atoms with Crippen molar-refractivity contribution in [3.8, 4) is 0 Å². The van der Waals surface area contributed by atoms with E-state index >= 15 is 0 Å². The van der Waals surface area contributed by atoms with Crippen molar-refractivity contribution in [3.05, 3.63) is 48.0 Å². The Kier molecular flexibility index (Phi) is 6.01. The predicted molar refractivity (Wildman–Crippen MR) is 103 cm³/mol. The second-order valence-corrected chi connectivity index (χ2v) is 6.55. The number of hydrogen-bond acceptors (Lipinski definition) is 3. The van der Waals surface area contributed by atoms with Crippen LogP contribution in [-0.4, -0.2) is 49.4 Å². The fourth-order valence-electron chi connectivity index (χ4n) is 3.11. The maximum atomic E-state index is 5.45. The molecule has 0 aromatic heterocycles. The number of nitrogens with zero attached hydrogens (tertiary/aromatic N) is 1. The number of nitrogens with one attached hydrogen (secondary N) is 2. The van der Waals surface area contributed by atoms with Crippen LogP contribution in [-0.2, 0) is 4.74 Å². The highest BCUT2D eigenvalue weighted by molar-refractivity contribution is 7.80. The zero-order chi connectivity index (χ0) is 16.8. The van der Waals surface area contributed by atoms with Gasteiger partial charge in [-0.25, -0.2) is 0 Å². The van der Waals surface area contributed by atoms with Crippen LogP contribution in [0.4, 0.5) is 0 Å². The standard InChI is InChI=1S/C19H25N3OS/c1-15(17-8-4-6-16-5-2-3-7-18(16)17)21-19(24)20-9-10-22-11-13-23-14-12-22/h2-8,15H,9-14H2,1H3,(H2,20,21,24)/t15-/m0/s1. The summed E-state index contributed by atoms with van der Waals surface area (Å²) in [4.78, 5) is 2.40. The van der Waals surface area contributed by atoms with Gasteiger partial charge in [-0.05, 0) is 35.5 Å². The molecule has 3 rings (SSSR count). The zero-order valence-electron chi connectivity index (χ0n) is 14.1. The first kappa shape index (κ1) is 17.1. The summed E-state index contributed by atoms with van der Waals surface area (Å²) in [6.07, 6.45) is 0. The SMILES string of the molecule is C[C@H](NC(=S)NCCN1CCOCC1)c1cccc2ccccc12. The van der Waals surface area contributed by atoms with Crippen molar-refractivity contribution in [2.24, 2.45) is 0 Å². The third-order valence-electron chi connectivity index (χ3n) is 4.45. The molecular formula is C19H25N3OS. The molecule has 1 heterocycles. The van der Waals surface area contributed by atoms with Crippen LogP contribution in [0.2, 0.25) is 0 Å². The van der Waals surface area contributed by atoms with Crippen molar-refractivity contribution < 1.29 is 4.74 Å². The molecule has 0 bridgehead atoms. The average Bonchev–Trinajstić information content (AvgIpc) is 2.62. The van der Waals surface area contributed by atoms with E-state index in [0.29, 0.717) is 5.11 Å². The minimum Gasteiger partial charge on any atom is -0.379 e. The monoisotopic (exact) mass is 343 g/mol. The highest BCUT2D eigenvalue weighted by Gasteiger charge is 2.12. The Morgan fingerprint density at radius 3 is 2.75 bits per heavy atom. The molecule has 2 aromatic rings. The van der Waals surface area contributed by atoms with Gasteiger partial charge in [-0.3, -0.25) is 4.90 Å². The normalized spacial score (nSPS) is 16.7. The molecule has 1 fully saturated rings. The first-order chi connectivity index (χ1) is 11.7. The van der Waals surface area contributed by atoms with E-state index in [1.807, 2.05) is 0 Å². The van der Waals surface area contributed by atoms with Gasteiger partial charge in [0.1, 0.15) is 0 Å². The maximum absolute atomic E-state index is 5.45. The summed E-state index contributed by atoms with van der Waals surface area (Å²) in [6.45, 7) is 7.68. The van der Waals surface area contributed by atoms with Crippen LogP contribution in [0.3, 0.4) is 0 Å². The molecule has 1 aliphatic heterocycles. The third-order valence-corrected chi connectivity index (χ3v) is 4.72. The Labute approximate surface area is 149 Å². The van der Waals surface area contributed by atoms with Gasteiger partial charge in [-0.2, -0.15) is 0 Å². The second kappa shape index (κ2) is 8.42. The van der Waals surface area contributed by atoms with Crippen molar-refractivity contribution in [1.29, 1.82) is 0 Å². The molecule has 0 radical (unpaired) electrons. The highest BCUT2D eigenvalue weighted by Crippen LogP contribution is 2.23. The summed E-state index contributed by atoms with van der Waals surface area (Å²) < 4.78 is 5.36. The number of morpholine rings is 1. The minimum absolute atomic E-state index is 0.166. The smallest absolute Gasteiger partial charge is 0.166 e. The van der Waals surface area contributed by atoms with Gasteiger partial charge >= 0.3 is 0 Å². The number of benzene rings is 2. The van der Waals surface area contributed by atoms with Crippen LogP contribution >= 0.6 is 12.2 Å². The van der Waals surface area contributed by atoms with E-state index in [-0.39, 0.29) is 6.04 Å². The molecule has 0 saturated carbocycles. The summed E-state index contributed by atoms with van der Waals surface area (Å²) in [5.41, 5.74) is 1.27. The lowest BCUT2D eigenvalue weighted by Crippen LogP contribution is -2.44. The number of ether oxygens (including phenoxy) is 1. The molecule has 24 heavy (non-hydrogen) atoms. The summed E-state index contributed by atoms with van der Waals surface area (Å²) in [6, 6.07) is 15.0. The number of hydrogen-bond donors (Lipinski definition) is 2. The third kappa shape index (κ3) is 4.44. The van der Waals surface area contributed by atoms with Crippen molar-refractivity contribution in [1.82, 2.24) is 15.5 Å². The molecule has 4 nitrogen and oxygen atoms in total. The van der Waals surface area contributed by atoms with Crippen LogP contribution in [0.15, 0.2) is 42.5 Å². The van der Waals surface area contributed by atoms with Crippen molar-refractivity contribution in [2.75, 3.05) is 39.4 Å². The maximum Gasteiger partial charge on any atom is 0.166 e. The number of rotatable bonds is 5. The average molecular weight is 343 g/mol. The Hall–Kier alpha value is -1.69. The summed E-state index contributed by atoms with van der Waals surface area (Å²) in [7, 11) is 0. The van der Waals surface area contributed by atoms with Gasteiger partial charge in [0.05, 0.1) is 19.3 Å². The van der Waals surface area contributed by atoms with Crippen molar-refractivity contribution >= 4 is 28.1 Å². The lowest BCUT2D eigenvalue weighted by molar-refractivity contribution is 0.0389. The zero-order valence-corrected chi connectivity index (χ0v) is 14.9. The summed E-state index contributed by atoms with van der Waals surface area (Å²) in [5, 5.41) is 9.96. The Bertz CT molecular complexity index is 680. The van der Waals surface area contributed by atoms with Gasteiger partial charge in [0.2, 0.25) is 0 Å². The van der Waals surface area contributed by atoms with E-state index in [9.17, 15) is 0 Å². The number of thiocarbonyl (C=S) groups is 1. The molecule has 1 aliphatic rings. The molecular weight excluding hydrogens is 318 g/mol. The molecule has 0 spiro atoms. The van der Waals surface area contributed by atoms with Gasteiger partial charge < -0.3 is 15.4 Å². The molecule has 2 aromatic carbocycles. The largest absolute Gasteiger partial charge is 0.379 e. The van der Waals surface area contributed by atoms with E-state index in [4.69, 9.17) is 17.0 Å². The van der Waals surface area contributed by atoms with Crippen molar-refractivity contribution in [3.63, 3.8) is 0 Å². The summed E-state index contributed by atoms with van der Waals surface area (Å²) in [5.74, 6) is 0. The van der Waals surface area contributed by atoms with Gasteiger partial charge in [0.15, 0.2) is 5.11 Å². The first-order valence-electron chi connectivity index (χ1n) is 8.56. The second-order valence-electron chi connectivity index (χ2n) is 6.14.